The lowest BCUT2D eigenvalue weighted by Crippen LogP contribution is -2.40. The number of hydrogen-bond acceptors (Lipinski definition) is 9. The molecule has 1 aromatic heterocycles. The van der Waals surface area contributed by atoms with Gasteiger partial charge in [0.15, 0.2) is 6.61 Å². The Kier molecular flexibility index (Phi) is 7.02. The minimum Gasteiger partial charge on any atom is -0.485 e. The van der Waals surface area contributed by atoms with Crippen LogP contribution in [0.2, 0.25) is 0 Å². The summed E-state index contributed by atoms with van der Waals surface area (Å²) in [7, 11) is -3.62. The fourth-order valence-electron chi connectivity index (χ4n) is 3.20. The lowest BCUT2D eigenvalue weighted by Gasteiger charge is -2.26. The molecule has 174 valence electrons. The Labute approximate surface area is 191 Å². The number of carbonyl (C=O) groups is 1. The lowest BCUT2D eigenvalue weighted by atomic mass is 10.2. The number of aromatic nitrogens is 2. The van der Waals surface area contributed by atoms with E-state index in [0.717, 1.165) is 0 Å². The first-order valence-electron chi connectivity index (χ1n) is 10.3. The number of rotatable bonds is 8. The molecule has 33 heavy (non-hydrogen) atoms. The molecule has 3 aromatic rings. The van der Waals surface area contributed by atoms with Gasteiger partial charge in [0.2, 0.25) is 21.7 Å². The predicted molar refractivity (Wildman–Crippen MR) is 115 cm³/mol. The number of carbonyl (C=O) groups excluding carboxylic acids is 1. The van der Waals surface area contributed by atoms with Gasteiger partial charge < -0.3 is 18.7 Å². The highest BCUT2D eigenvalue weighted by atomic mass is 32.2. The highest BCUT2D eigenvalue weighted by Gasteiger charge is 2.26. The van der Waals surface area contributed by atoms with Gasteiger partial charge in [0.1, 0.15) is 12.4 Å². The van der Waals surface area contributed by atoms with E-state index < -0.39 is 16.0 Å². The Morgan fingerprint density at radius 1 is 1.09 bits per heavy atom. The van der Waals surface area contributed by atoms with Gasteiger partial charge in [0.25, 0.3) is 0 Å². The Morgan fingerprint density at radius 3 is 2.55 bits per heavy atom. The molecule has 0 radical (unpaired) electrons. The minimum absolute atomic E-state index is 0.0548. The van der Waals surface area contributed by atoms with E-state index in [2.05, 4.69) is 10.1 Å². The first-order chi connectivity index (χ1) is 15.9. The quantitative estimate of drug-likeness (QED) is 0.454. The van der Waals surface area contributed by atoms with Crippen LogP contribution in [0.1, 0.15) is 27.6 Å². The molecule has 11 heteroatoms. The second-order valence-electron chi connectivity index (χ2n) is 7.28. The molecule has 10 nitrogen and oxygen atoms in total. The van der Waals surface area contributed by atoms with Crippen LogP contribution in [0.25, 0.3) is 0 Å². The Bertz CT molecular complexity index is 1200. The van der Waals surface area contributed by atoms with Crippen LogP contribution in [0.4, 0.5) is 0 Å². The van der Waals surface area contributed by atoms with Gasteiger partial charge in [-0.15, -0.1) is 0 Å². The molecule has 1 fully saturated rings. The molecular formula is C22H23N3O7S. The second-order valence-corrected chi connectivity index (χ2v) is 9.22. The summed E-state index contributed by atoms with van der Waals surface area (Å²) in [4.78, 5) is 16.6. The maximum atomic E-state index is 12.8. The van der Waals surface area contributed by atoms with Crippen molar-refractivity contribution in [1.82, 2.24) is 14.4 Å². The van der Waals surface area contributed by atoms with E-state index in [1.165, 1.54) is 16.4 Å². The molecule has 0 bridgehead atoms. The van der Waals surface area contributed by atoms with E-state index in [9.17, 15) is 13.2 Å². The normalized spacial score (nSPS) is 14.7. The van der Waals surface area contributed by atoms with Crippen LogP contribution in [-0.4, -0.2) is 55.1 Å². The highest BCUT2D eigenvalue weighted by Crippen LogP contribution is 2.20. The van der Waals surface area contributed by atoms with E-state index in [1.54, 1.807) is 43.3 Å². The van der Waals surface area contributed by atoms with Crippen LogP contribution in [-0.2, 0) is 32.7 Å². The SMILES string of the molecule is Cc1nc(COc2ccc(C(=O)OCc3cccc(S(=O)(=O)N4CCOCC4)c3)cc2)no1. The van der Waals surface area contributed by atoms with Crippen molar-refractivity contribution in [3.63, 3.8) is 0 Å². The van der Waals surface area contributed by atoms with E-state index in [4.69, 9.17) is 18.7 Å². The van der Waals surface area contributed by atoms with Crippen LogP contribution < -0.4 is 4.74 Å². The standard InChI is InChI=1S/C22H23N3O7S/c1-16-23-21(24-32-16)15-30-19-7-5-18(6-8-19)22(26)31-14-17-3-2-4-20(13-17)33(27,28)25-9-11-29-12-10-25/h2-8,13H,9-12,14-15H2,1H3. The van der Waals surface area contributed by atoms with Crippen molar-refractivity contribution in [2.75, 3.05) is 26.3 Å². The van der Waals surface area contributed by atoms with Crippen molar-refractivity contribution in [3.05, 3.63) is 71.4 Å². The van der Waals surface area contributed by atoms with Gasteiger partial charge in [-0.05, 0) is 42.0 Å². The molecular weight excluding hydrogens is 450 g/mol. The van der Waals surface area contributed by atoms with E-state index >= 15 is 0 Å². The van der Waals surface area contributed by atoms with Gasteiger partial charge >= 0.3 is 5.97 Å². The summed E-state index contributed by atoms with van der Waals surface area (Å²) in [5.41, 5.74) is 0.919. The van der Waals surface area contributed by atoms with Crippen LogP contribution in [0.3, 0.4) is 0 Å². The number of benzene rings is 2. The number of aryl methyl sites for hydroxylation is 1. The summed E-state index contributed by atoms with van der Waals surface area (Å²) in [6, 6.07) is 12.8. The van der Waals surface area contributed by atoms with Gasteiger partial charge in [-0.3, -0.25) is 0 Å². The summed E-state index contributed by atoms with van der Waals surface area (Å²) in [5.74, 6) is 0.886. The fraction of sp³-hybridized carbons (Fsp3) is 0.318. The topological polar surface area (TPSA) is 121 Å². The Morgan fingerprint density at radius 2 is 1.85 bits per heavy atom. The number of morpholine rings is 1. The van der Waals surface area contributed by atoms with Crippen molar-refractivity contribution < 1.29 is 31.9 Å². The van der Waals surface area contributed by atoms with E-state index in [1.807, 2.05) is 0 Å². The molecule has 2 heterocycles. The molecule has 1 saturated heterocycles. The molecule has 1 aliphatic rings. The molecule has 1 aliphatic heterocycles. The van der Waals surface area contributed by atoms with Gasteiger partial charge in [-0.1, -0.05) is 17.3 Å². The summed E-state index contributed by atoms with van der Waals surface area (Å²) in [6.45, 7) is 3.15. The highest BCUT2D eigenvalue weighted by molar-refractivity contribution is 7.89. The zero-order chi connectivity index (χ0) is 23.3. The first kappa shape index (κ1) is 22.9. The number of esters is 1. The van der Waals surface area contributed by atoms with Crippen LogP contribution in [0.15, 0.2) is 57.9 Å². The molecule has 0 unspecified atom stereocenters. The van der Waals surface area contributed by atoms with Crippen LogP contribution in [0, 0.1) is 6.92 Å². The zero-order valence-electron chi connectivity index (χ0n) is 18.0. The third kappa shape index (κ3) is 5.75. The molecule has 4 rings (SSSR count). The van der Waals surface area contributed by atoms with Gasteiger partial charge in [0, 0.05) is 20.0 Å². The molecule has 0 N–H and O–H groups in total. The molecule has 2 aromatic carbocycles. The van der Waals surface area contributed by atoms with Crippen molar-refractivity contribution in [2.45, 2.75) is 25.0 Å². The van der Waals surface area contributed by atoms with Gasteiger partial charge in [-0.25, -0.2) is 13.2 Å². The zero-order valence-corrected chi connectivity index (χ0v) is 18.8. The number of ether oxygens (including phenoxy) is 3. The molecule has 0 spiro atoms. The maximum Gasteiger partial charge on any atom is 0.338 e. The smallest absolute Gasteiger partial charge is 0.338 e. The number of sulfonamides is 1. The third-order valence-corrected chi connectivity index (χ3v) is 6.80. The number of hydrogen-bond donors (Lipinski definition) is 0. The molecule has 0 saturated carbocycles. The fourth-order valence-corrected chi connectivity index (χ4v) is 4.68. The van der Waals surface area contributed by atoms with Gasteiger partial charge in [-0.2, -0.15) is 9.29 Å². The lowest BCUT2D eigenvalue weighted by molar-refractivity contribution is 0.0472. The van der Waals surface area contributed by atoms with E-state index in [0.29, 0.717) is 54.9 Å². The van der Waals surface area contributed by atoms with Crippen molar-refractivity contribution in [2.24, 2.45) is 0 Å². The summed E-state index contributed by atoms with van der Waals surface area (Å²) < 4.78 is 48.0. The summed E-state index contributed by atoms with van der Waals surface area (Å²) in [6.07, 6.45) is 0. The van der Waals surface area contributed by atoms with Crippen molar-refractivity contribution in [3.8, 4) is 5.75 Å². The number of nitrogens with zero attached hydrogens (tertiary/aromatic N) is 3. The monoisotopic (exact) mass is 473 g/mol. The Balaban J connectivity index is 1.33. The summed E-state index contributed by atoms with van der Waals surface area (Å²) in [5, 5.41) is 3.75. The van der Waals surface area contributed by atoms with Crippen LogP contribution in [0.5, 0.6) is 5.75 Å². The van der Waals surface area contributed by atoms with E-state index in [-0.39, 0.29) is 18.1 Å². The second kappa shape index (κ2) is 10.1. The van der Waals surface area contributed by atoms with Crippen molar-refractivity contribution >= 4 is 16.0 Å². The molecule has 0 aliphatic carbocycles. The average Bonchev–Trinajstić information content (AvgIpc) is 3.27. The van der Waals surface area contributed by atoms with Crippen molar-refractivity contribution in [1.29, 1.82) is 0 Å². The molecule has 0 amide bonds. The van der Waals surface area contributed by atoms with Crippen LogP contribution >= 0.6 is 0 Å². The average molecular weight is 474 g/mol. The van der Waals surface area contributed by atoms with Gasteiger partial charge in [0.05, 0.1) is 23.7 Å². The summed E-state index contributed by atoms with van der Waals surface area (Å²) >= 11 is 0. The third-order valence-electron chi connectivity index (χ3n) is 4.90. The largest absolute Gasteiger partial charge is 0.485 e. The first-order valence-corrected chi connectivity index (χ1v) is 11.7. The predicted octanol–water partition coefficient (Wildman–Crippen LogP) is 2.33. The minimum atomic E-state index is -3.62. The Hall–Kier alpha value is -3.28. The maximum absolute atomic E-state index is 12.8. The molecule has 0 atom stereocenters.